The molecule has 0 bridgehead atoms. The summed E-state index contributed by atoms with van der Waals surface area (Å²) in [5, 5.41) is 0. The lowest BCUT2D eigenvalue weighted by Crippen LogP contribution is -2.22. The number of benzene rings is 1. The predicted octanol–water partition coefficient (Wildman–Crippen LogP) is 3.38. The molecule has 1 aromatic carbocycles. The number of ether oxygens (including phenoxy) is 1. The van der Waals surface area contributed by atoms with Crippen molar-refractivity contribution in [2.75, 3.05) is 0 Å². The Hall–Kier alpha value is -0.580. The molecule has 1 aromatic rings. The van der Waals surface area contributed by atoms with E-state index in [0.717, 1.165) is 5.56 Å². The maximum absolute atomic E-state index is 11.5. The van der Waals surface area contributed by atoms with E-state index in [1.54, 1.807) is 0 Å². The fourth-order valence-electron chi connectivity index (χ4n) is 0.946. The number of rotatable bonds is 2. The molecular weight excluding hydrogens is 303 g/mol. The first kappa shape index (κ1) is 12.5. The van der Waals surface area contributed by atoms with E-state index in [4.69, 9.17) is 4.74 Å². The number of hydrogen-bond acceptors (Lipinski definition) is 2. The topological polar surface area (TPSA) is 26.3 Å². The standard InChI is InChI=1S/C12H15IO2/c1-12(2,3)11(14)15-8-9-4-6-10(13)7-5-9/h4-7H,8H2,1-3H3. The molecule has 0 unspecified atom stereocenters. The summed E-state index contributed by atoms with van der Waals surface area (Å²) in [5.74, 6) is -0.166. The first-order chi connectivity index (χ1) is 6.89. The number of carbonyl (C=O) groups excluding carboxylic acids is 1. The molecule has 15 heavy (non-hydrogen) atoms. The number of carbonyl (C=O) groups is 1. The molecule has 1 rings (SSSR count). The van der Waals surface area contributed by atoms with Crippen molar-refractivity contribution in [3.8, 4) is 0 Å². The van der Waals surface area contributed by atoms with Crippen LogP contribution in [0.1, 0.15) is 26.3 Å². The Kier molecular flexibility index (Phi) is 4.13. The molecule has 3 heteroatoms. The van der Waals surface area contributed by atoms with Crippen molar-refractivity contribution in [2.45, 2.75) is 27.4 Å². The van der Waals surface area contributed by atoms with E-state index in [9.17, 15) is 4.79 Å². The number of halogens is 1. The third-order valence-corrected chi connectivity index (χ3v) is 2.61. The molecule has 0 heterocycles. The van der Waals surface area contributed by atoms with Crippen molar-refractivity contribution < 1.29 is 9.53 Å². The van der Waals surface area contributed by atoms with E-state index < -0.39 is 5.41 Å². The van der Waals surface area contributed by atoms with Crippen molar-refractivity contribution in [2.24, 2.45) is 5.41 Å². The molecule has 0 saturated carbocycles. The zero-order valence-electron chi connectivity index (χ0n) is 9.21. The molecule has 0 N–H and O–H groups in total. The van der Waals surface area contributed by atoms with Crippen LogP contribution in [0.15, 0.2) is 24.3 Å². The van der Waals surface area contributed by atoms with E-state index in [1.807, 2.05) is 45.0 Å². The monoisotopic (exact) mass is 318 g/mol. The Morgan fingerprint density at radius 2 is 1.80 bits per heavy atom. The molecule has 0 aromatic heterocycles. The highest BCUT2D eigenvalue weighted by Crippen LogP contribution is 2.16. The fourth-order valence-corrected chi connectivity index (χ4v) is 1.31. The van der Waals surface area contributed by atoms with E-state index >= 15 is 0 Å². The quantitative estimate of drug-likeness (QED) is 0.617. The van der Waals surface area contributed by atoms with Crippen molar-refractivity contribution in [3.05, 3.63) is 33.4 Å². The normalized spacial score (nSPS) is 11.2. The van der Waals surface area contributed by atoms with E-state index in [0.29, 0.717) is 6.61 Å². The van der Waals surface area contributed by atoms with Crippen LogP contribution in [0.3, 0.4) is 0 Å². The second-order valence-corrected chi connectivity index (χ2v) is 5.70. The second-order valence-electron chi connectivity index (χ2n) is 4.45. The summed E-state index contributed by atoms with van der Waals surface area (Å²) in [5.41, 5.74) is 0.594. The van der Waals surface area contributed by atoms with Crippen LogP contribution in [0.5, 0.6) is 0 Å². The third-order valence-electron chi connectivity index (χ3n) is 1.90. The molecule has 2 nitrogen and oxygen atoms in total. The van der Waals surface area contributed by atoms with Crippen LogP contribution >= 0.6 is 22.6 Å². The summed E-state index contributed by atoms with van der Waals surface area (Å²) in [7, 11) is 0. The minimum absolute atomic E-state index is 0.166. The summed E-state index contributed by atoms with van der Waals surface area (Å²) in [6.07, 6.45) is 0. The molecule has 0 aliphatic rings. The summed E-state index contributed by atoms with van der Waals surface area (Å²) in [6.45, 7) is 5.91. The van der Waals surface area contributed by atoms with E-state index in [1.165, 1.54) is 3.57 Å². The Morgan fingerprint density at radius 1 is 1.27 bits per heavy atom. The number of hydrogen-bond donors (Lipinski definition) is 0. The average Bonchev–Trinajstić information content (AvgIpc) is 2.15. The van der Waals surface area contributed by atoms with Crippen molar-refractivity contribution in [1.82, 2.24) is 0 Å². The molecule has 82 valence electrons. The Balaban J connectivity index is 2.51. The van der Waals surface area contributed by atoms with Gasteiger partial charge in [0.25, 0.3) is 0 Å². The van der Waals surface area contributed by atoms with Crippen LogP contribution in [0.4, 0.5) is 0 Å². The first-order valence-corrected chi connectivity index (χ1v) is 5.89. The highest BCUT2D eigenvalue weighted by Gasteiger charge is 2.22. The maximum atomic E-state index is 11.5. The van der Waals surface area contributed by atoms with Crippen molar-refractivity contribution >= 4 is 28.6 Å². The minimum atomic E-state index is -0.427. The van der Waals surface area contributed by atoms with E-state index in [-0.39, 0.29) is 5.97 Å². The van der Waals surface area contributed by atoms with Crippen LogP contribution in [0.2, 0.25) is 0 Å². The van der Waals surface area contributed by atoms with Gasteiger partial charge in [-0.3, -0.25) is 4.79 Å². The van der Waals surface area contributed by atoms with Crippen LogP contribution in [-0.2, 0) is 16.1 Å². The second kappa shape index (κ2) is 4.96. The predicted molar refractivity (Wildman–Crippen MR) is 68.4 cm³/mol. The van der Waals surface area contributed by atoms with Gasteiger partial charge in [-0.15, -0.1) is 0 Å². The SMILES string of the molecule is CC(C)(C)C(=O)OCc1ccc(I)cc1. The molecule has 0 radical (unpaired) electrons. The maximum Gasteiger partial charge on any atom is 0.311 e. The van der Waals surface area contributed by atoms with Gasteiger partial charge in [0, 0.05) is 3.57 Å². The Morgan fingerprint density at radius 3 is 2.27 bits per heavy atom. The molecule has 0 fully saturated rings. The van der Waals surface area contributed by atoms with Crippen LogP contribution < -0.4 is 0 Å². The van der Waals surface area contributed by atoms with Crippen molar-refractivity contribution in [3.63, 3.8) is 0 Å². The smallest absolute Gasteiger partial charge is 0.311 e. The lowest BCUT2D eigenvalue weighted by molar-refractivity contribution is -0.154. The fraction of sp³-hybridized carbons (Fsp3) is 0.417. The molecule has 0 aliphatic carbocycles. The largest absolute Gasteiger partial charge is 0.460 e. The zero-order valence-corrected chi connectivity index (χ0v) is 11.4. The minimum Gasteiger partial charge on any atom is -0.460 e. The van der Waals surface area contributed by atoms with Crippen LogP contribution in [-0.4, -0.2) is 5.97 Å². The summed E-state index contributed by atoms with van der Waals surface area (Å²) in [6, 6.07) is 7.94. The first-order valence-electron chi connectivity index (χ1n) is 4.81. The Bertz CT molecular complexity index is 336. The van der Waals surface area contributed by atoms with Gasteiger partial charge in [-0.2, -0.15) is 0 Å². The molecular formula is C12H15IO2. The van der Waals surface area contributed by atoms with E-state index in [2.05, 4.69) is 22.6 Å². The highest BCUT2D eigenvalue weighted by atomic mass is 127. The lowest BCUT2D eigenvalue weighted by atomic mass is 9.97. The van der Waals surface area contributed by atoms with Gasteiger partial charge in [0.1, 0.15) is 6.61 Å². The van der Waals surface area contributed by atoms with Gasteiger partial charge in [-0.1, -0.05) is 12.1 Å². The third kappa shape index (κ3) is 4.20. The molecule has 0 saturated heterocycles. The van der Waals surface area contributed by atoms with Gasteiger partial charge in [0.05, 0.1) is 5.41 Å². The van der Waals surface area contributed by atoms with Gasteiger partial charge in [0.2, 0.25) is 0 Å². The zero-order chi connectivity index (χ0) is 11.5. The number of esters is 1. The van der Waals surface area contributed by atoms with Crippen LogP contribution in [0.25, 0.3) is 0 Å². The average molecular weight is 318 g/mol. The van der Waals surface area contributed by atoms with Gasteiger partial charge in [0.15, 0.2) is 0 Å². The summed E-state index contributed by atoms with van der Waals surface area (Å²) >= 11 is 2.24. The lowest BCUT2D eigenvalue weighted by Gasteiger charge is -2.16. The summed E-state index contributed by atoms with van der Waals surface area (Å²) < 4.78 is 6.37. The molecule has 0 atom stereocenters. The van der Waals surface area contributed by atoms with Gasteiger partial charge >= 0.3 is 5.97 Å². The van der Waals surface area contributed by atoms with Crippen LogP contribution in [0, 0.1) is 8.99 Å². The molecule has 0 amide bonds. The molecule has 0 spiro atoms. The molecule has 0 aliphatic heterocycles. The summed E-state index contributed by atoms with van der Waals surface area (Å²) in [4.78, 5) is 11.5. The van der Waals surface area contributed by atoms with Gasteiger partial charge < -0.3 is 4.74 Å². The highest BCUT2D eigenvalue weighted by molar-refractivity contribution is 14.1. The van der Waals surface area contributed by atoms with Gasteiger partial charge in [-0.25, -0.2) is 0 Å². The Labute approximate surface area is 104 Å². The van der Waals surface area contributed by atoms with Gasteiger partial charge in [-0.05, 0) is 61.1 Å². The van der Waals surface area contributed by atoms with Crippen molar-refractivity contribution in [1.29, 1.82) is 0 Å².